The van der Waals surface area contributed by atoms with E-state index in [1.54, 1.807) is 12.4 Å². The number of rotatable bonds is 12. The normalized spacial score (nSPS) is 22.4. The predicted octanol–water partition coefficient (Wildman–Crippen LogP) is 5.80. The molecule has 0 aliphatic carbocycles. The third-order valence-corrected chi connectivity index (χ3v) is 11.3. The molecule has 3 fully saturated rings. The van der Waals surface area contributed by atoms with Crippen molar-refractivity contribution < 1.29 is 33.7 Å². The van der Waals surface area contributed by atoms with Gasteiger partial charge in [0.15, 0.2) is 6.29 Å². The van der Waals surface area contributed by atoms with Crippen LogP contribution in [0.3, 0.4) is 0 Å². The third kappa shape index (κ3) is 9.50. The van der Waals surface area contributed by atoms with Gasteiger partial charge in [-0.25, -0.2) is 14.8 Å². The fourth-order valence-electron chi connectivity index (χ4n) is 7.90. The number of hydrogen-bond donors (Lipinski definition) is 2. The molecule has 4 aromatic carbocycles. The summed E-state index contributed by atoms with van der Waals surface area (Å²) in [4.78, 5) is 53.3. The van der Waals surface area contributed by atoms with Crippen molar-refractivity contribution in [2.24, 2.45) is 5.92 Å². The van der Waals surface area contributed by atoms with Gasteiger partial charge >= 0.3 is 6.09 Å². The maximum Gasteiger partial charge on any atom is 0.408 e. The molecule has 0 radical (unpaired) electrons. The van der Waals surface area contributed by atoms with Gasteiger partial charge in [-0.05, 0) is 45.5 Å². The molecule has 0 saturated carbocycles. The van der Waals surface area contributed by atoms with Crippen molar-refractivity contribution in [1.29, 1.82) is 0 Å². The highest BCUT2D eigenvalue weighted by atomic mass is 16.7. The summed E-state index contributed by atoms with van der Waals surface area (Å²) in [5.74, 6) is -0.0152. The number of amides is 3. The Balaban J connectivity index is 0.922. The minimum absolute atomic E-state index is 0.0225. The highest BCUT2D eigenvalue weighted by Crippen LogP contribution is 2.42. The van der Waals surface area contributed by atoms with Crippen LogP contribution in [0.25, 0.3) is 11.1 Å². The summed E-state index contributed by atoms with van der Waals surface area (Å²) in [5.41, 5.74) is 6.24. The Labute approximate surface area is 343 Å². The molecule has 4 heterocycles. The number of likely N-dealkylation sites (tertiary alicyclic amines) is 1. The van der Waals surface area contributed by atoms with Gasteiger partial charge in [-0.1, -0.05) is 104 Å². The number of aliphatic hydroxyl groups excluding tert-OH is 1. The number of benzene rings is 4. The van der Waals surface area contributed by atoms with Crippen LogP contribution in [0.4, 0.5) is 10.7 Å². The van der Waals surface area contributed by atoms with Crippen molar-refractivity contribution in [3.63, 3.8) is 0 Å². The molecular weight excluding hydrogens is 749 g/mol. The van der Waals surface area contributed by atoms with Gasteiger partial charge in [0.1, 0.15) is 12.6 Å². The van der Waals surface area contributed by atoms with Gasteiger partial charge in [0.05, 0.1) is 31.8 Å². The largest absolute Gasteiger partial charge is 0.445 e. The summed E-state index contributed by atoms with van der Waals surface area (Å²) < 4.78 is 18.8. The summed E-state index contributed by atoms with van der Waals surface area (Å²) in [6.45, 7) is 6.43. The first-order chi connectivity index (χ1) is 28.8. The van der Waals surface area contributed by atoms with E-state index in [1.807, 2.05) is 109 Å². The number of carbonyl (C=O) groups is 3. The highest BCUT2D eigenvalue weighted by Gasteiger charge is 2.41. The molecule has 0 spiro atoms. The number of alkyl carbamates (subject to hydrolysis) is 1. The molecule has 304 valence electrons. The number of anilines is 1. The van der Waals surface area contributed by atoms with Gasteiger partial charge in [0.25, 0.3) is 5.91 Å². The van der Waals surface area contributed by atoms with Gasteiger partial charge in [0, 0.05) is 56.6 Å². The zero-order valence-corrected chi connectivity index (χ0v) is 32.9. The first-order valence-corrected chi connectivity index (χ1v) is 20.1. The number of carbonyl (C=O) groups excluding carboxylic acids is 3. The Morgan fingerprint density at radius 2 is 1.51 bits per heavy atom. The molecule has 3 aliphatic rings. The Hall–Kier alpha value is -5.99. The van der Waals surface area contributed by atoms with Crippen LogP contribution in [-0.2, 0) is 43.6 Å². The zero-order chi connectivity index (χ0) is 40.7. The fourth-order valence-corrected chi connectivity index (χ4v) is 7.90. The van der Waals surface area contributed by atoms with Crippen LogP contribution in [0.15, 0.2) is 122 Å². The van der Waals surface area contributed by atoms with E-state index in [4.69, 9.17) is 14.2 Å². The Bertz CT molecular complexity index is 2200. The van der Waals surface area contributed by atoms with Crippen molar-refractivity contribution in [2.75, 3.05) is 37.6 Å². The van der Waals surface area contributed by atoms with E-state index in [2.05, 4.69) is 32.0 Å². The number of piperazine rings is 1. The summed E-state index contributed by atoms with van der Waals surface area (Å²) in [6, 6.07) is 33.8. The molecule has 8 rings (SSSR count). The molecule has 3 saturated heterocycles. The zero-order valence-electron chi connectivity index (χ0n) is 32.9. The van der Waals surface area contributed by atoms with Crippen molar-refractivity contribution in [3.05, 3.63) is 149 Å². The van der Waals surface area contributed by atoms with Crippen molar-refractivity contribution >= 4 is 23.9 Å². The smallest absolute Gasteiger partial charge is 0.408 e. The molecule has 59 heavy (non-hydrogen) atoms. The van der Waals surface area contributed by atoms with E-state index in [9.17, 15) is 19.5 Å². The van der Waals surface area contributed by atoms with Crippen LogP contribution in [0.5, 0.6) is 0 Å². The number of aromatic nitrogens is 2. The van der Waals surface area contributed by atoms with E-state index < -0.39 is 24.3 Å². The first kappa shape index (κ1) is 39.8. The lowest BCUT2D eigenvalue weighted by atomic mass is 9.89. The first-order valence-electron chi connectivity index (χ1n) is 20.1. The van der Waals surface area contributed by atoms with Crippen LogP contribution in [0.1, 0.15) is 53.6 Å². The Morgan fingerprint density at radius 3 is 2.24 bits per heavy atom. The predicted molar refractivity (Wildman–Crippen MR) is 219 cm³/mol. The average Bonchev–Trinajstić information content (AvgIpc) is 3.54. The van der Waals surface area contributed by atoms with Crippen LogP contribution in [0.2, 0.25) is 0 Å². The number of aliphatic hydroxyl groups is 1. The second-order valence-corrected chi connectivity index (χ2v) is 15.3. The van der Waals surface area contributed by atoms with E-state index in [-0.39, 0.29) is 50.2 Å². The van der Waals surface area contributed by atoms with Crippen LogP contribution >= 0.6 is 0 Å². The molecule has 13 heteroatoms. The van der Waals surface area contributed by atoms with E-state index in [0.717, 1.165) is 77.6 Å². The second-order valence-electron chi connectivity index (χ2n) is 15.3. The SMILES string of the molecule is C[C@@H]1[C@H](CN2CCN(c3ncccn3)CC2)O[C@H](c2ccc(-c3cccc(CN4C(=O)CC(NC(=O)OCc5ccccc5)C4=O)c3)cc2)O[C@@H]1c1ccc(CO)cc1. The van der Waals surface area contributed by atoms with Gasteiger partial charge < -0.3 is 29.5 Å². The fraction of sp³-hybridized carbons (Fsp3) is 0.326. The molecular formula is C46H48N6O7. The number of ether oxygens (including phenoxy) is 3. The van der Waals surface area contributed by atoms with Crippen molar-refractivity contribution in [3.8, 4) is 11.1 Å². The van der Waals surface area contributed by atoms with Crippen LogP contribution in [0, 0.1) is 5.92 Å². The maximum absolute atomic E-state index is 13.2. The molecule has 2 N–H and O–H groups in total. The van der Waals surface area contributed by atoms with Crippen LogP contribution in [-0.4, -0.2) is 87.7 Å². The standard InChI is InChI=1S/C46H48N6O7/c1-31-40(28-50-21-23-51(24-22-50)45-47-19-6-20-48-45)58-44(59-42(31)36-13-11-32(29-53)12-14-36)37-17-15-35(16-18-37)38-10-5-9-34(25-38)27-52-41(54)26-39(43(52)55)49-46(56)57-30-33-7-3-2-4-8-33/h2-20,25,31,39-40,42,44,53H,21-24,26-30H2,1H3,(H,49,56)/t31-,39?,40+,42+,44+/m1/s1. The monoisotopic (exact) mass is 796 g/mol. The summed E-state index contributed by atoms with van der Waals surface area (Å²) >= 11 is 0. The Kier molecular flexibility index (Phi) is 12.3. The lowest BCUT2D eigenvalue weighted by Crippen LogP contribution is -2.51. The average molecular weight is 797 g/mol. The molecule has 3 amide bonds. The minimum Gasteiger partial charge on any atom is -0.445 e. The van der Waals surface area contributed by atoms with Crippen molar-refractivity contribution in [1.82, 2.24) is 25.1 Å². The van der Waals surface area contributed by atoms with E-state index in [1.165, 1.54) is 4.90 Å². The lowest BCUT2D eigenvalue weighted by molar-refractivity contribution is -0.276. The molecule has 1 aromatic heterocycles. The second kappa shape index (κ2) is 18.3. The molecule has 5 atom stereocenters. The summed E-state index contributed by atoms with van der Waals surface area (Å²) in [6.07, 6.45) is 1.72. The third-order valence-electron chi connectivity index (χ3n) is 11.3. The van der Waals surface area contributed by atoms with E-state index in [0.29, 0.717) is 0 Å². The van der Waals surface area contributed by atoms with Gasteiger partial charge in [-0.2, -0.15) is 0 Å². The molecule has 0 bridgehead atoms. The molecule has 1 unspecified atom stereocenters. The topological polar surface area (TPSA) is 147 Å². The maximum atomic E-state index is 13.2. The van der Waals surface area contributed by atoms with Gasteiger partial charge in [-0.3, -0.25) is 19.4 Å². The number of nitrogens with zero attached hydrogens (tertiary/aromatic N) is 5. The lowest BCUT2D eigenvalue weighted by Gasteiger charge is -2.44. The molecule has 5 aromatic rings. The summed E-state index contributed by atoms with van der Waals surface area (Å²) in [5, 5.41) is 12.2. The number of imide groups is 1. The van der Waals surface area contributed by atoms with Gasteiger partial charge in [0.2, 0.25) is 11.9 Å². The van der Waals surface area contributed by atoms with E-state index >= 15 is 0 Å². The minimum atomic E-state index is -0.979. The molecule has 3 aliphatic heterocycles. The quantitative estimate of drug-likeness (QED) is 0.148. The van der Waals surface area contributed by atoms with Gasteiger partial charge in [-0.15, -0.1) is 0 Å². The summed E-state index contributed by atoms with van der Waals surface area (Å²) in [7, 11) is 0. The Morgan fingerprint density at radius 1 is 0.797 bits per heavy atom. The number of nitrogens with one attached hydrogen (secondary N) is 1. The molecule has 13 nitrogen and oxygen atoms in total. The highest BCUT2D eigenvalue weighted by molar-refractivity contribution is 6.06. The van der Waals surface area contributed by atoms with Crippen molar-refractivity contribution in [2.45, 2.75) is 57.6 Å². The number of hydrogen-bond acceptors (Lipinski definition) is 11. The van der Waals surface area contributed by atoms with Crippen LogP contribution < -0.4 is 10.2 Å².